The van der Waals surface area contributed by atoms with Gasteiger partial charge in [0.05, 0.1) is 26.1 Å². The van der Waals surface area contributed by atoms with Crippen LogP contribution in [-0.4, -0.2) is 51.1 Å². The van der Waals surface area contributed by atoms with Gasteiger partial charge in [-0.15, -0.1) is 0 Å². The molecule has 0 aromatic rings. The van der Waals surface area contributed by atoms with Gasteiger partial charge in [0.25, 0.3) is 0 Å². The lowest BCUT2D eigenvalue weighted by molar-refractivity contribution is -0.150. The number of amides is 2. The summed E-state index contributed by atoms with van der Waals surface area (Å²) in [5.74, 6) is -1.55. The van der Waals surface area contributed by atoms with E-state index in [4.69, 9.17) is 9.47 Å². The molecular formula is C14H24N2O6. The van der Waals surface area contributed by atoms with Crippen LogP contribution < -0.4 is 10.6 Å². The predicted octanol–water partition coefficient (Wildman–Crippen LogP) is -0.239. The van der Waals surface area contributed by atoms with Gasteiger partial charge in [0.1, 0.15) is 0 Å². The van der Waals surface area contributed by atoms with Crippen molar-refractivity contribution in [2.24, 2.45) is 5.92 Å². The lowest BCUT2D eigenvalue weighted by Gasteiger charge is -2.12. The molecule has 0 aliphatic rings. The molecule has 0 rings (SSSR count). The summed E-state index contributed by atoms with van der Waals surface area (Å²) >= 11 is 0. The molecular weight excluding hydrogens is 292 g/mol. The number of esters is 2. The molecule has 0 saturated heterocycles. The Balaban J connectivity index is 3.74. The highest BCUT2D eigenvalue weighted by atomic mass is 16.5. The number of hydrogen-bond donors (Lipinski definition) is 2. The van der Waals surface area contributed by atoms with Gasteiger partial charge in [-0.3, -0.25) is 19.2 Å². The molecule has 8 nitrogen and oxygen atoms in total. The third-order valence-corrected chi connectivity index (χ3v) is 2.73. The average molecular weight is 316 g/mol. The molecule has 0 heterocycles. The van der Waals surface area contributed by atoms with E-state index in [1.165, 1.54) is 14.1 Å². The van der Waals surface area contributed by atoms with E-state index in [1.807, 2.05) is 0 Å². The van der Waals surface area contributed by atoms with Crippen LogP contribution >= 0.6 is 0 Å². The number of nitrogens with one attached hydrogen (secondary N) is 2. The first kappa shape index (κ1) is 19.9. The topological polar surface area (TPSA) is 111 Å². The summed E-state index contributed by atoms with van der Waals surface area (Å²) in [7, 11) is 2.99. The van der Waals surface area contributed by atoms with E-state index in [0.717, 1.165) is 0 Å². The van der Waals surface area contributed by atoms with Crippen molar-refractivity contribution in [3.63, 3.8) is 0 Å². The molecule has 8 heteroatoms. The molecule has 0 atom stereocenters. The van der Waals surface area contributed by atoms with Crippen LogP contribution in [0.3, 0.4) is 0 Å². The largest absolute Gasteiger partial charge is 0.465 e. The molecule has 2 N–H and O–H groups in total. The van der Waals surface area contributed by atoms with Gasteiger partial charge in [-0.1, -0.05) is 6.92 Å². The molecule has 2 amide bonds. The zero-order chi connectivity index (χ0) is 17.0. The molecule has 0 aromatic carbocycles. The van der Waals surface area contributed by atoms with Crippen molar-refractivity contribution in [2.45, 2.75) is 32.6 Å². The monoisotopic (exact) mass is 316 g/mol. The van der Waals surface area contributed by atoms with Gasteiger partial charge in [0, 0.05) is 32.9 Å². The summed E-state index contributed by atoms with van der Waals surface area (Å²) in [6, 6.07) is 0. The highest BCUT2D eigenvalue weighted by Gasteiger charge is 2.12. The number of carbonyl (C=O) groups is 4. The van der Waals surface area contributed by atoms with Gasteiger partial charge in [-0.25, -0.2) is 0 Å². The van der Waals surface area contributed by atoms with Crippen LogP contribution in [-0.2, 0) is 28.7 Å². The molecule has 0 aromatic heterocycles. The summed E-state index contributed by atoms with van der Waals surface area (Å²) in [6.45, 7) is 1.97. The highest BCUT2D eigenvalue weighted by molar-refractivity contribution is 5.81. The Morgan fingerprint density at radius 2 is 1.14 bits per heavy atom. The summed E-state index contributed by atoms with van der Waals surface area (Å²) < 4.78 is 9.94. The second kappa shape index (κ2) is 11.5. The fraction of sp³-hybridized carbons (Fsp3) is 0.714. The Labute approximate surface area is 129 Å². The number of ether oxygens (including phenoxy) is 2. The quantitative estimate of drug-likeness (QED) is 0.538. The Morgan fingerprint density at radius 3 is 1.45 bits per heavy atom. The maximum atomic E-state index is 11.4. The minimum absolute atomic E-state index is 0.0122. The van der Waals surface area contributed by atoms with Crippen LogP contribution in [0.1, 0.15) is 32.6 Å². The second-order valence-electron chi connectivity index (χ2n) is 4.82. The van der Waals surface area contributed by atoms with E-state index in [9.17, 15) is 19.2 Å². The maximum Gasteiger partial charge on any atom is 0.306 e. The van der Waals surface area contributed by atoms with Crippen LogP contribution in [0, 0.1) is 5.92 Å². The van der Waals surface area contributed by atoms with Crippen molar-refractivity contribution in [3.05, 3.63) is 0 Å². The first-order chi connectivity index (χ1) is 10.4. The number of carbonyl (C=O) groups excluding carboxylic acids is 4. The van der Waals surface area contributed by atoms with Crippen molar-refractivity contribution < 1.29 is 28.7 Å². The maximum absolute atomic E-state index is 11.4. The molecule has 0 spiro atoms. The Kier molecular flexibility index (Phi) is 10.4. The minimum Gasteiger partial charge on any atom is -0.465 e. The van der Waals surface area contributed by atoms with E-state index in [0.29, 0.717) is 0 Å². The zero-order valence-corrected chi connectivity index (χ0v) is 13.3. The van der Waals surface area contributed by atoms with Gasteiger partial charge in [-0.05, 0) is 0 Å². The molecule has 0 unspecified atom stereocenters. The Hall–Kier alpha value is -2.12. The Morgan fingerprint density at radius 1 is 0.773 bits per heavy atom. The van der Waals surface area contributed by atoms with Crippen LogP contribution in [0.4, 0.5) is 0 Å². The number of hydrogen-bond acceptors (Lipinski definition) is 6. The first-order valence-electron chi connectivity index (χ1n) is 7.11. The molecule has 0 radical (unpaired) electrons. The van der Waals surface area contributed by atoms with Crippen molar-refractivity contribution >= 4 is 23.8 Å². The van der Waals surface area contributed by atoms with Gasteiger partial charge in [0.15, 0.2) is 0 Å². The molecule has 0 bridgehead atoms. The third-order valence-electron chi connectivity index (χ3n) is 2.73. The molecule has 0 aliphatic carbocycles. The lowest BCUT2D eigenvalue weighted by atomic mass is 10.2. The van der Waals surface area contributed by atoms with Crippen molar-refractivity contribution in [3.8, 4) is 0 Å². The van der Waals surface area contributed by atoms with Crippen molar-refractivity contribution in [2.75, 3.05) is 27.3 Å². The van der Waals surface area contributed by atoms with Crippen molar-refractivity contribution in [1.82, 2.24) is 10.6 Å². The molecule has 0 fully saturated rings. The lowest BCUT2D eigenvalue weighted by Crippen LogP contribution is -2.22. The highest BCUT2D eigenvalue weighted by Crippen LogP contribution is 2.02. The minimum atomic E-state index is -0.471. The number of rotatable bonds is 10. The zero-order valence-electron chi connectivity index (χ0n) is 13.3. The standard InChI is InChI=1S/C14H24N2O6/c1-10(8-21-13(19)6-4-11(17)15-2)9-22-14(20)7-5-12(18)16-3/h10H,4-9H2,1-3H3,(H,15,17)(H,16,18). The van der Waals surface area contributed by atoms with E-state index in [1.54, 1.807) is 6.92 Å². The van der Waals surface area contributed by atoms with Crippen LogP contribution in [0.15, 0.2) is 0 Å². The van der Waals surface area contributed by atoms with Gasteiger partial charge >= 0.3 is 11.9 Å². The SMILES string of the molecule is CNC(=O)CCC(=O)OCC(C)COC(=O)CCC(=O)NC. The van der Waals surface area contributed by atoms with Crippen molar-refractivity contribution in [1.29, 1.82) is 0 Å². The normalized spacial score (nSPS) is 10.0. The first-order valence-corrected chi connectivity index (χ1v) is 7.11. The summed E-state index contributed by atoms with van der Waals surface area (Å²) in [6.07, 6.45) is 0.188. The van der Waals surface area contributed by atoms with E-state index in [2.05, 4.69) is 10.6 Å². The third kappa shape index (κ3) is 10.6. The summed E-state index contributed by atoms with van der Waals surface area (Å²) in [4.78, 5) is 44.6. The van der Waals surface area contributed by atoms with Gasteiger partial charge in [0.2, 0.25) is 11.8 Å². The van der Waals surface area contributed by atoms with Crippen LogP contribution in [0.2, 0.25) is 0 Å². The van der Waals surface area contributed by atoms with Gasteiger partial charge < -0.3 is 20.1 Å². The molecule has 126 valence electrons. The fourth-order valence-corrected chi connectivity index (χ4v) is 1.34. The van der Waals surface area contributed by atoms with E-state index in [-0.39, 0.29) is 56.6 Å². The Bertz CT molecular complexity index is 361. The van der Waals surface area contributed by atoms with Crippen LogP contribution in [0.25, 0.3) is 0 Å². The fourth-order valence-electron chi connectivity index (χ4n) is 1.34. The smallest absolute Gasteiger partial charge is 0.306 e. The predicted molar refractivity (Wildman–Crippen MR) is 77.7 cm³/mol. The summed E-state index contributed by atoms with van der Waals surface area (Å²) in [5, 5.41) is 4.82. The molecule has 22 heavy (non-hydrogen) atoms. The summed E-state index contributed by atoms with van der Waals surface area (Å²) in [5.41, 5.74) is 0. The van der Waals surface area contributed by atoms with E-state index >= 15 is 0 Å². The van der Waals surface area contributed by atoms with Crippen LogP contribution in [0.5, 0.6) is 0 Å². The second-order valence-corrected chi connectivity index (χ2v) is 4.82. The molecule has 0 saturated carbocycles. The van der Waals surface area contributed by atoms with Gasteiger partial charge in [-0.2, -0.15) is 0 Å². The average Bonchev–Trinajstić information content (AvgIpc) is 2.53. The molecule has 0 aliphatic heterocycles. The van der Waals surface area contributed by atoms with E-state index < -0.39 is 11.9 Å².